The first-order chi connectivity index (χ1) is 10.3. The first-order valence-corrected chi connectivity index (χ1v) is 7.46. The molecule has 2 aromatic carbocycles. The van der Waals surface area contributed by atoms with Gasteiger partial charge in [0.05, 0.1) is 28.3 Å². The van der Waals surface area contributed by atoms with Crippen LogP contribution in [-0.2, 0) is 0 Å². The molecule has 1 unspecified atom stereocenters. The second-order valence-corrected chi connectivity index (χ2v) is 5.54. The monoisotopic (exact) mass is 316 g/mol. The number of anilines is 1. The normalized spacial score (nSPS) is 18.2. The highest BCUT2D eigenvalue weighted by atomic mass is 35.5. The van der Waals surface area contributed by atoms with Crippen molar-refractivity contribution in [3.05, 3.63) is 76.8 Å². The van der Waals surface area contributed by atoms with Gasteiger partial charge in [-0.3, -0.25) is 0 Å². The Labute approximate surface area is 134 Å². The van der Waals surface area contributed by atoms with E-state index in [1.54, 1.807) is 0 Å². The second kappa shape index (κ2) is 6.52. The Balaban J connectivity index is 1.90. The van der Waals surface area contributed by atoms with E-state index in [9.17, 15) is 0 Å². The topological polar surface area (TPSA) is 24.1 Å². The van der Waals surface area contributed by atoms with Gasteiger partial charge in [0.25, 0.3) is 0 Å². The maximum absolute atomic E-state index is 6.23. The van der Waals surface area contributed by atoms with Gasteiger partial charge in [0.15, 0.2) is 0 Å². The fourth-order valence-corrected chi connectivity index (χ4v) is 2.83. The predicted molar refractivity (Wildman–Crippen MR) is 89.5 cm³/mol. The summed E-state index contributed by atoms with van der Waals surface area (Å²) in [5.41, 5.74) is 3.04. The number of halogens is 2. The lowest BCUT2D eigenvalue weighted by atomic mass is 9.95. The Hall–Kier alpha value is -1.48. The first-order valence-electron chi connectivity index (χ1n) is 6.70. The van der Waals surface area contributed by atoms with Gasteiger partial charge < -0.3 is 10.6 Å². The van der Waals surface area contributed by atoms with Crippen LogP contribution >= 0.6 is 23.2 Å². The third-order valence-electron chi connectivity index (χ3n) is 3.34. The van der Waals surface area contributed by atoms with Crippen molar-refractivity contribution in [1.29, 1.82) is 0 Å². The fraction of sp³-hybridized carbons (Fsp3) is 0.118. The van der Waals surface area contributed by atoms with Crippen LogP contribution in [0.1, 0.15) is 5.56 Å². The van der Waals surface area contributed by atoms with Gasteiger partial charge in [-0.1, -0.05) is 65.7 Å². The number of rotatable bonds is 3. The lowest BCUT2D eigenvalue weighted by molar-refractivity contribution is 0.790. The highest BCUT2D eigenvalue weighted by molar-refractivity contribution is 6.39. The summed E-state index contributed by atoms with van der Waals surface area (Å²) >= 11 is 12.5. The molecule has 3 rings (SSSR count). The number of benzene rings is 2. The largest absolute Gasteiger partial charge is 0.374 e. The molecule has 1 aliphatic heterocycles. The predicted octanol–water partition coefficient (Wildman–Crippen LogP) is 4.50. The summed E-state index contributed by atoms with van der Waals surface area (Å²) in [5, 5.41) is 7.68. The van der Waals surface area contributed by atoms with E-state index in [4.69, 9.17) is 23.2 Å². The van der Waals surface area contributed by atoms with Crippen LogP contribution in [-0.4, -0.2) is 12.6 Å². The van der Waals surface area contributed by atoms with E-state index >= 15 is 0 Å². The highest BCUT2D eigenvalue weighted by Crippen LogP contribution is 2.33. The Morgan fingerprint density at radius 3 is 2.43 bits per heavy atom. The smallest absolute Gasteiger partial charge is 0.0884 e. The number of para-hydroxylation sites is 1. The zero-order chi connectivity index (χ0) is 14.7. The van der Waals surface area contributed by atoms with Crippen molar-refractivity contribution < 1.29 is 0 Å². The quantitative estimate of drug-likeness (QED) is 0.871. The second-order valence-electron chi connectivity index (χ2n) is 4.72. The van der Waals surface area contributed by atoms with E-state index in [0.717, 1.165) is 23.4 Å². The molecular formula is C17H14Cl2N2. The number of hydrogen-bond donors (Lipinski definition) is 2. The molecule has 4 heteroatoms. The standard InChI is InChI=1S/C17H14Cl2N2/c18-14-7-4-8-15(19)17(14)21-16-11-20-10-9-13(16)12-5-2-1-3-6-12/h1-9,16,20-21H,10H2. The molecule has 0 aromatic heterocycles. The molecule has 106 valence electrons. The lowest BCUT2D eigenvalue weighted by Gasteiger charge is -2.27. The summed E-state index contributed by atoms with van der Waals surface area (Å²) < 4.78 is 0. The minimum atomic E-state index is -0.112. The van der Waals surface area contributed by atoms with Crippen LogP contribution in [0.4, 0.5) is 5.69 Å². The lowest BCUT2D eigenvalue weighted by Crippen LogP contribution is -2.33. The fourth-order valence-electron chi connectivity index (χ4n) is 2.33. The van der Waals surface area contributed by atoms with Crippen molar-refractivity contribution in [3.63, 3.8) is 0 Å². The van der Waals surface area contributed by atoms with E-state index in [2.05, 4.69) is 35.4 Å². The summed E-state index contributed by atoms with van der Waals surface area (Å²) in [5.74, 6) is 0. The molecule has 0 saturated heterocycles. The van der Waals surface area contributed by atoms with Gasteiger partial charge >= 0.3 is 0 Å². The third kappa shape index (κ3) is 3.24. The van der Waals surface area contributed by atoms with Gasteiger partial charge in [-0.2, -0.15) is 0 Å². The molecule has 0 amide bonds. The summed E-state index contributed by atoms with van der Waals surface area (Å²) in [6.07, 6.45) is 2.15. The van der Waals surface area contributed by atoms with Crippen molar-refractivity contribution in [2.75, 3.05) is 11.9 Å². The van der Waals surface area contributed by atoms with Crippen molar-refractivity contribution in [3.8, 4) is 0 Å². The molecule has 0 spiro atoms. The molecule has 1 atom stereocenters. The van der Waals surface area contributed by atoms with E-state index in [1.807, 2.05) is 36.4 Å². The molecule has 1 aliphatic rings. The minimum Gasteiger partial charge on any atom is -0.374 e. The molecule has 21 heavy (non-hydrogen) atoms. The van der Waals surface area contributed by atoms with Crippen molar-refractivity contribution in [2.45, 2.75) is 6.04 Å². The zero-order valence-corrected chi connectivity index (χ0v) is 12.7. The molecule has 2 nitrogen and oxygen atoms in total. The number of hydrogen-bond acceptors (Lipinski definition) is 2. The molecule has 1 heterocycles. The third-order valence-corrected chi connectivity index (χ3v) is 3.97. The first kappa shape index (κ1) is 14.5. The molecular weight excluding hydrogens is 303 g/mol. The Morgan fingerprint density at radius 2 is 1.71 bits per heavy atom. The molecule has 0 fully saturated rings. The van der Waals surface area contributed by atoms with E-state index in [1.165, 1.54) is 0 Å². The minimum absolute atomic E-state index is 0.112. The van der Waals surface area contributed by atoms with E-state index < -0.39 is 0 Å². The molecule has 0 aliphatic carbocycles. The number of nitrogens with one attached hydrogen (secondary N) is 2. The summed E-state index contributed by atoms with van der Waals surface area (Å²) in [6, 6.07) is 15.6. The van der Waals surface area contributed by atoms with Gasteiger partial charge in [0.2, 0.25) is 0 Å². The Bertz CT molecular complexity index is 633. The average Bonchev–Trinajstić information content (AvgIpc) is 2.52. The summed E-state index contributed by atoms with van der Waals surface area (Å²) in [6.45, 7) is 3.99. The Morgan fingerprint density at radius 1 is 1.00 bits per heavy atom. The SMILES string of the molecule is Clc1cccc(Cl)c1NC1[C]NCC=C1c1ccccc1. The van der Waals surface area contributed by atoms with Gasteiger partial charge in [-0.05, 0) is 23.3 Å². The summed E-state index contributed by atoms with van der Waals surface area (Å²) in [7, 11) is 0. The van der Waals surface area contributed by atoms with Gasteiger partial charge in [-0.15, -0.1) is 0 Å². The molecule has 2 N–H and O–H groups in total. The van der Waals surface area contributed by atoms with Crippen LogP contribution in [0.5, 0.6) is 0 Å². The maximum Gasteiger partial charge on any atom is 0.0884 e. The van der Waals surface area contributed by atoms with E-state index in [-0.39, 0.29) is 6.04 Å². The van der Waals surface area contributed by atoms with Gasteiger partial charge in [-0.25, -0.2) is 0 Å². The van der Waals surface area contributed by atoms with E-state index in [0.29, 0.717) is 10.0 Å². The zero-order valence-electron chi connectivity index (χ0n) is 11.2. The average molecular weight is 317 g/mol. The van der Waals surface area contributed by atoms with Crippen LogP contribution in [0.3, 0.4) is 0 Å². The highest BCUT2D eigenvalue weighted by Gasteiger charge is 2.21. The van der Waals surface area contributed by atoms with Gasteiger partial charge in [0, 0.05) is 6.54 Å². The molecule has 2 aromatic rings. The van der Waals surface area contributed by atoms with Crippen LogP contribution in [0.15, 0.2) is 54.6 Å². The van der Waals surface area contributed by atoms with Crippen LogP contribution in [0.25, 0.3) is 5.57 Å². The van der Waals surface area contributed by atoms with Gasteiger partial charge in [0.1, 0.15) is 0 Å². The summed E-state index contributed by atoms with van der Waals surface area (Å²) in [4.78, 5) is 0. The van der Waals surface area contributed by atoms with Crippen molar-refractivity contribution in [2.24, 2.45) is 0 Å². The Kier molecular flexibility index (Phi) is 4.49. The van der Waals surface area contributed by atoms with Crippen molar-refractivity contribution >= 4 is 34.5 Å². The molecule has 2 radical (unpaired) electrons. The molecule has 0 saturated carbocycles. The van der Waals surface area contributed by atoms with Crippen LogP contribution in [0.2, 0.25) is 10.0 Å². The maximum atomic E-state index is 6.23. The van der Waals surface area contributed by atoms with Crippen LogP contribution in [0, 0.1) is 6.54 Å². The van der Waals surface area contributed by atoms with Crippen molar-refractivity contribution in [1.82, 2.24) is 5.32 Å². The van der Waals surface area contributed by atoms with Crippen LogP contribution < -0.4 is 10.6 Å². The molecule has 0 bridgehead atoms.